The molecule has 24 heavy (non-hydrogen) atoms. The summed E-state index contributed by atoms with van der Waals surface area (Å²) in [6, 6.07) is 11.0. The lowest BCUT2D eigenvalue weighted by molar-refractivity contribution is 0.0890. The Morgan fingerprint density at radius 2 is 2.04 bits per heavy atom. The number of nitrogens with zero attached hydrogens (tertiary/aromatic N) is 2. The maximum Gasteiger partial charge on any atom is 0.315 e. The first-order chi connectivity index (χ1) is 11.6. The number of urea groups is 1. The minimum absolute atomic E-state index is 0.145. The van der Waals surface area contributed by atoms with Crippen molar-refractivity contribution >= 4 is 22.0 Å². The first kappa shape index (κ1) is 19.0. The second-order valence-electron chi connectivity index (χ2n) is 6.20. The zero-order chi connectivity index (χ0) is 17.4. The number of hydrogen-bond donors (Lipinski definition) is 2. The van der Waals surface area contributed by atoms with Gasteiger partial charge in [0.1, 0.15) is 0 Å². The van der Waals surface area contributed by atoms with Crippen molar-refractivity contribution < 1.29 is 4.79 Å². The molecule has 0 aliphatic carbocycles. The molecule has 1 aromatic rings. The lowest BCUT2D eigenvalue weighted by Crippen LogP contribution is -2.47. The average Bonchev–Trinajstić information content (AvgIpc) is 2.58. The van der Waals surface area contributed by atoms with Crippen LogP contribution < -0.4 is 10.6 Å². The van der Waals surface area contributed by atoms with E-state index in [9.17, 15) is 4.79 Å². The van der Waals surface area contributed by atoms with Crippen molar-refractivity contribution in [2.75, 3.05) is 46.3 Å². The Kier molecular flexibility index (Phi) is 7.75. The number of halogens is 1. The van der Waals surface area contributed by atoms with Crippen LogP contribution in [0.1, 0.15) is 18.0 Å². The van der Waals surface area contributed by atoms with Crippen LogP contribution in [-0.4, -0.2) is 62.1 Å². The van der Waals surface area contributed by atoms with Crippen LogP contribution in [0.4, 0.5) is 4.79 Å². The molecule has 0 aromatic heterocycles. The van der Waals surface area contributed by atoms with Gasteiger partial charge in [-0.15, -0.1) is 0 Å². The van der Waals surface area contributed by atoms with E-state index in [1.165, 1.54) is 5.56 Å². The zero-order valence-corrected chi connectivity index (χ0v) is 15.9. The third-order valence-corrected chi connectivity index (χ3v) is 4.51. The Morgan fingerprint density at radius 1 is 1.29 bits per heavy atom. The standard InChI is InChI=1S/C18H27BrN4O/c1-15(19)13-21-18(24)20-9-6-10-23-12-11-22(2)14-17(23)16-7-4-3-5-8-16/h3-5,7-8,17H,1,6,9-14H2,2H3,(H2,20,21,24)/t17-/m0/s1. The number of amides is 2. The van der Waals surface area contributed by atoms with Gasteiger partial charge < -0.3 is 15.5 Å². The van der Waals surface area contributed by atoms with Gasteiger partial charge in [-0.2, -0.15) is 0 Å². The monoisotopic (exact) mass is 394 g/mol. The summed E-state index contributed by atoms with van der Waals surface area (Å²) >= 11 is 3.22. The molecule has 2 amide bonds. The zero-order valence-electron chi connectivity index (χ0n) is 14.3. The smallest absolute Gasteiger partial charge is 0.315 e. The number of hydrogen-bond acceptors (Lipinski definition) is 3. The van der Waals surface area contributed by atoms with E-state index < -0.39 is 0 Å². The van der Waals surface area contributed by atoms with Crippen molar-refractivity contribution in [3.05, 3.63) is 47.0 Å². The van der Waals surface area contributed by atoms with Crippen LogP contribution in [0.25, 0.3) is 0 Å². The summed E-state index contributed by atoms with van der Waals surface area (Å²) in [6.07, 6.45) is 0.940. The number of carbonyl (C=O) groups excluding carboxylic acids is 1. The molecule has 1 aliphatic rings. The fraction of sp³-hybridized carbons (Fsp3) is 0.500. The molecule has 1 atom stereocenters. The van der Waals surface area contributed by atoms with Crippen molar-refractivity contribution in [1.82, 2.24) is 20.4 Å². The van der Waals surface area contributed by atoms with E-state index in [-0.39, 0.29) is 6.03 Å². The highest BCUT2D eigenvalue weighted by atomic mass is 79.9. The van der Waals surface area contributed by atoms with Crippen LogP contribution in [0.2, 0.25) is 0 Å². The molecule has 1 heterocycles. The van der Waals surface area contributed by atoms with E-state index in [4.69, 9.17) is 0 Å². The highest BCUT2D eigenvalue weighted by molar-refractivity contribution is 9.11. The summed E-state index contributed by atoms with van der Waals surface area (Å²) in [6.45, 7) is 8.99. The molecule has 0 saturated carbocycles. The third kappa shape index (κ3) is 6.26. The van der Waals surface area contributed by atoms with Crippen molar-refractivity contribution in [2.45, 2.75) is 12.5 Å². The first-order valence-corrected chi connectivity index (χ1v) is 9.18. The van der Waals surface area contributed by atoms with E-state index in [1.807, 2.05) is 0 Å². The maximum absolute atomic E-state index is 11.6. The van der Waals surface area contributed by atoms with Gasteiger partial charge in [0, 0.05) is 43.2 Å². The first-order valence-electron chi connectivity index (χ1n) is 8.39. The van der Waals surface area contributed by atoms with Crippen LogP contribution in [0, 0.1) is 0 Å². The molecule has 0 bridgehead atoms. The normalized spacial score (nSPS) is 19.0. The topological polar surface area (TPSA) is 47.6 Å². The predicted octanol–water partition coefficient (Wildman–Crippen LogP) is 2.57. The molecule has 2 N–H and O–H groups in total. The molecular formula is C18H27BrN4O. The second-order valence-corrected chi connectivity index (χ2v) is 7.33. The minimum atomic E-state index is -0.145. The van der Waals surface area contributed by atoms with Gasteiger partial charge in [0.25, 0.3) is 0 Å². The molecule has 2 rings (SSSR count). The Hall–Kier alpha value is -1.37. The molecule has 132 valence electrons. The molecule has 0 spiro atoms. The van der Waals surface area contributed by atoms with Crippen LogP contribution in [0.5, 0.6) is 0 Å². The average molecular weight is 395 g/mol. The molecule has 0 unspecified atom stereocenters. The summed E-state index contributed by atoms with van der Waals surface area (Å²) in [5.74, 6) is 0. The second kappa shape index (κ2) is 9.81. The summed E-state index contributed by atoms with van der Waals surface area (Å²) in [5, 5.41) is 5.64. The van der Waals surface area contributed by atoms with E-state index in [0.29, 0.717) is 19.1 Å². The predicted molar refractivity (Wildman–Crippen MR) is 102 cm³/mol. The van der Waals surface area contributed by atoms with Gasteiger partial charge in [0.05, 0.1) is 6.54 Å². The summed E-state index contributed by atoms with van der Waals surface area (Å²) in [5.41, 5.74) is 1.37. The van der Waals surface area contributed by atoms with Crippen molar-refractivity contribution in [3.63, 3.8) is 0 Å². The van der Waals surface area contributed by atoms with Crippen LogP contribution >= 0.6 is 15.9 Å². The lowest BCUT2D eigenvalue weighted by Gasteiger charge is -2.40. The van der Waals surface area contributed by atoms with E-state index in [1.54, 1.807) is 0 Å². The Labute approximate surface area is 153 Å². The van der Waals surface area contributed by atoms with Gasteiger partial charge in [-0.1, -0.05) is 52.8 Å². The van der Waals surface area contributed by atoms with Crippen molar-refractivity contribution in [1.29, 1.82) is 0 Å². The minimum Gasteiger partial charge on any atom is -0.338 e. The summed E-state index contributed by atoms with van der Waals surface area (Å²) in [4.78, 5) is 16.5. The molecule has 1 aliphatic heterocycles. The molecule has 5 nitrogen and oxygen atoms in total. The number of benzene rings is 1. The molecule has 1 aromatic carbocycles. The fourth-order valence-corrected chi connectivity index (χ4v) is 3.08. The van der Waals surface area contributed by atoms with Gasteiger partial charge in [-0.3, -0.25) is 4.90 Å². The molecular weight excluding hydrogens is 368 g/mol. The summed E-state index contributed by atoms with van der Waals surface area (Å²) < 4.78 is 0.765. The van der Waals surface area contributed by atoms with E-state index in [0.717, 1.165) is 37.1 Å². The highest BCUT2D eigenvalue weighted by Crippen LogP contribution is 2.24. The van der Waals surface area contributed by atoms with Gasteiger partial charge >= 0.3 is 6.03 Å². The van der Waals surface area contributed by atoms with Crippen LogP contribution in [-0.2, 0) is 0 Å². The van der Waals surface area contributed by atoms with E-state index >= 15 is 0 Å². The fourth-order valence-electron chi connectivity index (χ4n) is 2.94. The molecule has 0 radical (unpaired) electrons. The van der Waals surface area contributed by atoms with Crippen molar-refractivity contribution in [2.24, 2.45) is 0 Å². The molecule has 1 fully saturated rings. The van der Waals surface area contributed by atoms with Crippen molar-refractivity contribution in [3.8, 4) is 0 Å². The van der Waals surface area contributed by atoms with Crippen LogP contribution in [0.15, 0.2) is 41.4 Å². The van der Waals surface area contributed by atoms with Crippen LogP contribution in [0.3, 0.4) is 0 Å². The van der Waals surface area contributed by atoms with E-state index in [2.05, 4.69) is 80.3 Å². The maximum atomic E-state index is 11.6. The van der Waals surface area contributed by atoms with Gasteiger partial charge in [-0.05, 0) is 19.0 Å². The molecule has 6 heteroatoms. The lowest BCUT2D eigenvalue weighted by atomic mass is 10.0. The Morgan fingerprint density at radius 3 is 2.75 bits per heavy atom. The Bertz CT molecular complexity index is 537. The van der Waals surface area contributed by atoms with Gasteiger partial charge in [0.15, 0.2) is 0 Å². The Balaban J connectivity index is 1.77. The third-order valence-electron chi connectivity index (χ3n) is 4.23. The van der Waals surface area contributed by atoms with Gasteiger partial charge in [-0.25, -0.2) is 4.79 Å². The number of piperazine rings is 1. The largest absolute Gasteiger partial charge is 0.338 e. The highest BCUT2D eigenvalue weighted by Gasteiger charge is 2.25. The SMILES string of the molecule is C=C(Br)CNC(=O)NCCCN1CCN(C)C[C@H]1c1ccccc1. The summed E-state index contributed by atoms with van der Waals surface area (Å²) in [7, 11) is 2.18. The quantitative estimate of drug-likeness (QED) is 0.698. The number of nitrogens with one attached hydrogen (secondary N) is 2. The van der Waals surface area contributed by atoms with Gasteiger partial charge in [0.2, 0.25) is 0 Å². The number of carbonyl (C=O) groups is 1. The number of likely N-dealkylation sites (N-methyl/N-ethyl adjacent to an activating group) is 1. The molecule has 1 saturated heterocycles. The number of rotatable bonds is 7.